The standard InChI is InChI=1S/C19H25N5O2/c1-2-15-5-3-4-6-16(15)23-18-13-17(21-14-22-18)19(25)20-7-8-24-9-11-26-12-10-24/h3-6,13-14H,2,7-12H2,1H3,(H,20,25)(H,21,22,23). The Morgan fingerprint density at radius 2 is 2.04 bits per heavy atom. The zero-order valence-electron chi connectivity index (χ0n) is 15.1. The average molecular weight is 355 g/mol. The monoisotopic (exact) mass is 355 g/mol. The highest BCUT2D eigenvalue weighted by Crippen LogP contribution is 2.20. The Hall–Kier alpha value is -2.51. The molecule has 0 spiro atoms. The molecule has 1 aliphatic rings. The number of ether oxygens (including phenoxy) is 1. The SMILES string of the molecule is CCc1ccccc1Nc1cc(C(=O)NCCN2CCOCC2)ncn1. The lowest BCUT2D eigenvalue weighted by atomic mass is 10.1. The first-order chi connectivity index (χ1) is 12.8. The summed E-state index contributed by atoms with van der Waals surface area (Å²) in [6.45, 7) is 6.85. The normalized spacial score (nSPS) is 14.8. The van der Waals surface area contributed by atoms with Gasteiger partial charge in [-0.3, -0.25) is 9.69 Å². The number of carbonyl (C=O) groups excluding carboxylic acids is 1. The molecule has 3 rings (SSSR count). The fourth-order valence-corrected chi connectivity index (χ4v) is 2.88. The number of nitrogens with one attached hydrogen (secondary N) is 2. The summed E-state index contributed by atoms with van der Waals surface area (Å²) in [5.41, 5.74) is 2.55. The number of amides is 1. The lowest BCUT2D eigenvalue weighted by molar-refractivity contribution is 0.0383. The smallest absolute Gasteiger partial charge is 0.270 e. The molecule has 138 valence electrons. The van der Waals surface area contributed by atoms with Crippen LogP contribution >= 0.6 is 0 Å². The van der Waals surface area contributed by atoms with Crippen LogP contribution in [0.5, 0.6) is 0 Å². The molecule has 0 bridgehead atoms. The van der Waals surface area contributed by atoms with E-state index in [1.165, 1.54) is 11.9 Å². The first-order valence-corrected chi connectivity index (χ1v) is 9.01. The van der Waals surface area contributed by atoms with Gasteiger partial charge in [0.2, 0.25) is 0 Å². The van der Waals surface area contributed by atoms with Gasteiger partial charge in [0.05, 0.1) is 13.2 Å². The van der Waals surface area contributed by atoms with Crippen molar-refractivity contribution >= 4 is 17.4 Å². The van der Waals surface area contributed by atoms with Gasteiger partial charge in [0.25, 0.3) is 5.91 Å². The maximum atomic E-state index is 12.3. The lowest BCUT2D eigenvalue weighted by Crippen LogP contribution is -2.41. The van der Waals surface area contributed by atoms with Crippen LogP contribution in [0.2, 0.25) is 0 Å². The van der Waals surface area contributed by atoms with Gasteiger partial charge in [-0.15, -0.1) is 0 Å². The summed E-state index contributed by atoms with van der Waals surface area (Å²) in [5.74, 6) is 0.423. The summed E-state index contributed by atoms with van der Waals surface area (Å²) in [5, 5.41) is 6.19. The number of aryl methyl sites for hydroxylation is 1. The lowest BCUT2D eigenvalue weighted by Gasteiger charge is -2.26. The molecule has 7 nitrogen and oxygen atoms in total. The second-order valence-electron chi connectivity index (χ2n) is 6.13. The molecule has 1 aliphatic heterocycles. The number of para-hydroxylation sites is 1. The molecule has 2 heterocycles. The van der Waals surface area contributed by atoms with E-state index in [0.717, 1.165) is 45.0 Å². The van der Waals surface area contributed by atoms with Gasteiger partial charge in [0.15, 0.2) is 0 Å². The van der Waals surface area contributed by atoms with Gasteiger partial charge >= 0.3 is 0 Å². The minimum atomic E-state index is -0.188. The maximum Gasteiger partial charge on any atom is 0.270 e. The number of hydrogen-bond donors (Lipinski definition) is 2. The average Bonchev–Trinajstić information content (AvgIpc) is 2.69. The van der Waals surface area contributed by atoms with Crippen LogP contribution in [0.1, 0.15) is 23.0 Å². The van der Waals surface area contributed by atoms with E-state index in [1.807, 2.05) is 18.2 Å². The molecule has 0 aliphatic carbocycles. The number of nitrogens with zero attached hydrogens (tertiary/aromatic N) is 3. The van der Waals surface area contributed by atoms with Crippen molar-refractivity contribution < 1.29 is 9.53 Å². The van der Waals surface area contributed by atoms with Crippen LogP contribution in [0.15, 0.2) is 36.7 Å². The molecule has 0 atom stereocenters. The molecule has 1 fully saturated rings. The Bertz CT molecular complexity index is 731. The molecule has 1 amide bonds. The molecule has 1 aromatic heterocycles. The van der Waals surface area contributed by atoms with Crippen LogP contribution in [0.25, 0.3) is 0 Å². The van der Waals surface area contributed by atoms with Crippen LogP contribution in [0, 0.1) is 0 Å². The van der Waals surface area contributed by atoms with Crippen molar-refractivity contribution in [3.05, 3.63) is 47.9 Å². The Morgan fingerprint density at radius 3 is 2.85 bits per heavy atom. The molecule has 0 unspecified atom stereocenters. The van der Waals surface area contributed by atoms with Crippen molar-refractivity contribution in [3.63, 3.8) is 0 Å². The van der Waals surface area contributed by atoms with Crippen molar-refractivity contribution in [3.8, 4) is 0 Å². The van der Waals surface area contributed by atoms with E-state index in [2.05, 4.69) is 38.5 Å². The second kappa shape index (κ2) is 9.26. The molecule has 7 heteroatoms. The van der Waals surface area contributed by atoms with Crippen LogP contribution in [-0.2, 0) is 11.2 Å². The predicted molar refractivity (Wildman–Crippen MR) is 101 cm³/mol. The van der Waals surface area contributed by atoms with Gasteiger partial charge in [-0.05, 0) is 18.1 Å². The highest BCUT2D eigenvalue weighted by atomic mass is 16.5. The van der Waals surface area contributed by atoms with E-state index in [-0.39, 0.29) is 5.91 Å². The topological polar surface area (TPSA) is 79.4 Å². The predicted octanol–water partition coefficient (Wildman–Crippen LogP) is 1.84. The molecule has 1 aromatic carbocycles. The minimum absolute atomic E-state index is 0.188. The highest BCUT2D eigenvalue weighted by Gasteiger charge is 2.12. The molecule has 0 saturated carbocycles. The Morgan fingerprint density at radius 1 is 1.23 bits per heavy atom. The first-order valence-electron chi connectivity index (χ1n) is 9.01. The van der Waals surface area contributed by atoms with E-state index in [0.29, 0.717) is 18.1 Å². The highest BCUT2D eigenvalue weighted by molar-refractivity contribution is 5.93. The van der Waals surface area contributed by atoms with Gasteiger partial charge in [0, 0.05) is 37.9 Å². The zero-order valence-corrected chi connectivity index (χ0v) is 15.1. The summed E-state index contributed by atoms with van der Waals surface area (Å²) in [7, 11) is 0. The van der Waals surface area contributed by atoms with E-state index >= 15 is 0 Å². The van der Waals surface area contributed by atoms with Crippen LogP contribution in [-0.4, -0.2) is 60.2 Å². The van der Waals surface area contributed by atoms with E-state index in [9.17, 15) is 4.79 Å². The summed E-state index contributed by atoms with van der Waals surface area (Å²) in [4.78, 5) is 22.9. The number of hydrogen-bond acceptors (Lipinski definition) is 6. The largest absolute Gasteiger partial charge is 0.379 e. The minimum Gasteiger partial charge on any atom is -0.379 e. The number of benzene rings is 1. The quantitative estimate of drug-likeness (QED) is 0.789. The third kappa shape index (κ3) is 5.00. The third-order valence-electron chi connectivity index (χ3n) is 4.38. The molecule has 2 aromatic rings. The molecule has 0 radical (unpaired) electrons. The van der Waals surface area contributed by atoms with Gasteiger partial charge in [-0.25, -0.2) is 9.97 Å². The van der Waals surface area contributed by atoms with E-state index in [4.69, 9.17) is 4.74 Å². The van der Waals surface area contributed by atoms with E-state index in [1.54, 1.807) is 6.07 Å². The Balaban J connectivity index is 1.56. The molecular formula is C19H25N5O2. The van der Waals surface area contributed by atoms with Crippen LogP contribution in [0.3, 0.4) is 0 Å². The molecule has 26 heavy (non-hydrogen) atoms. The molecule has 2 N–H and O–H groups in total. The third-order valence-corrected chi connectivity index (χ3v) is 4.38. The molecule has 1 saturated heterocycles. The number of morpholine rings is 1. The molecular weight excluding hydrogens is 330 g/mol. The van der Waals surface area contributed by atoms with Crippen molar-refractivity contribution in [1.29, 1.82) is 0 Å². The van der Waals surface area contributed by atoms with Crippen LogP contribution < -0.4 is 10.6 Å². The fraction of sp³-hybridized carbons (Fsp3) is 0.421. The van der Waals surface area contributed by atoms with Crippen molar-refractivity contribution in [1.82, 2.24) is 20.2 Å². The van der Waals surface area contributed by atoms with Crippen molar-refractivity contribution in [2.24, 2.45) is 0 Å². The fourth-order valence-electron chi connectivity index (χ4n) is 2.88. The van der Waals surface area contributed by atoms with Gasteiger partial charge in [-0.1, -0.05) is 25.1 Å². The number of carbonyl (C=O) groups is 1. The summed E-state index contributed by atoms with van der Waals surface area (Å²) in [6, 6.07) is 9.74. The van der Waals surface area contributed by atoms with Crippen LogP contribution in [0.4, 0.5) is 11.5 Å². The van der Waals surface area contributed by atoms with E-state index < -0.39 is 0 Å². The van der Waals surface area contributed by atoms with Crippen molar-refractivity contribution in [2.75, 3.05) is 44.7 Å². The Labute approximate surface area is 153 Å². The number of rotatable bonds is 7. The maximum absolute atomic E-state index is 12.3. The summed E-state index contributed by atoms with van der Waals surface area (Å²) in [6.07, 6.45) is 2.33. The first kappa shape index (κ1) is 18.3. The summed E-state index contributed by atoms with van der Waals surface area (Å²) >= 11 is 0. The summed E-state index contributed by atoms with van der Waals surface area (Å²) < 4.78 is 5.32. The number of aromatic nitrogens is 2. The van der Waals surface area contributed by atoms with Gasteiger partial charge < -0.3 is 15.4 Å². The Kier molecular flexibility index (Phi) is 6.51. The zero-order chi connectivity index (χ0) is 18.2. The van der Waals surface area contributed by atoms with Gasteiger partial charge in [-0.2, -0.15) is 0 Å². The second-order valence-corrected chi connectivity index (χ2v) is 6.13. The van der Waals surface area contributed by atoms with Gasteiger partial charge in [0.1, 0.15) is 17.8 Å². The number of anilines is 2. The van der Waals surface area contributed by atoms with Crippen molar-refractivity contribution in [2.45, 2.75) is 13.3 Å².